The lowest BCUT2D eigenvalue weighted by Gasteiger charge is -2.34. The van der Waals surface area contributed by atoms with E-state index >= 15 is 0 Å². The van der Waals surface area contributed by atoms with E-state index in [1.807, 2.05) is 13.0 Å². The maximum absolute atomic E-state index is 13.9. The summed E-state index contributed by atoms with van der Waals surface area (Å²) in [6, 6.07) is 1.93. The first-order chi connectivity index (χ1) is 12.6. The minimum atomic E-state index is -5.20. The van der Waals surface area contributed by atoms with Gasteiger partial charge in [0.05, 0.1) is 12.7 Å². The van der Waals surface area contributed by atoms with Crippen molar-refractivity contribution in [1.82, 2.24) is 5.32 Å². The first kappa shape index (κ1) is 21.0. The molecule has 0 aromatic carbocycles. The Labute approximate surface area is 158 Å². The summed E-state index contributed by atoms with van der Waals surface area (Å²) in [6.07, 6.45) is -3.41. The van der Waals surface area contributed by atoms with Crippen LogP contribution < -0.4 is 10.6 Å². The second-order valence-electron chi connectivity index (χ2n) is 6.43. The zero-order valence-corrected chi connectivity index (χ0v) is 15.9. The zero-order chi connectivity index (χ0) is 20.4. The van der Waals surface area contributed by atoms with Gasteiger partial charge in [0, 0.05) is 11.3 Å². The van der Waals surface area contributed by atoms with E-state index in [-0.39, 0.29) is 17.0 Å². The molecular weight excluding hydrogens is 383 g/mol. The summed E-state index contributed by atoms with van der Waals surface area (Å²) >= 11 is 1.00. The van der Waals surface area contributed by atoms with Gasteiger partial charge in [0.25, 0.3) is 0 Å². The van der Waals surface area contributed by atoms with E-state index in [1.165, 1.54) is 6.92 Å². The SMILES string of the molecule is CCC(=O)NC(Nc1sc2c(c1C#N)CCC(C)C2)(C(=O)OC)C(F)(F)F. The van der Waals surface area contributed by atoms with E-state index < -0.39 is 23.7 Å². The van der Waals surface area contributed by atoms with Crippen LogP contribution in [0, 0.1) is 17.2 Å². The minimum absolute atomic E-state index is 0.0742. The highest BCUT2D eigenvalue weighted by Crippen LogP contribution is 2.42. The number of nitriles is 1. The van der Waals surface area contributed by atoms with E-state index in [2.05, 4.69) is 10.1 Å². The van der Waals surface area contributed by atoms with Crippen LogP contribution >= 0.6 is 11.3 Å². The van der Waals surface area contributed by atoms with Gasteiger partial charge in [-0.05, 0) is 30.7 Å². The van der Waals surface area contributed by atoms with Crippen LogP contribution in [-0.2, 0) is 27.2 Å². The lowest BCUT2D eigenvalue weighted by molar-refractivity contribution is -0.206. The number of anilines is 1. The van der Waals surface area contributed by atoms with Crippen LogP contribution in [0.2, 0.25) is 0 Å². The van der Waals surface area contributed by atoms with Gasteiger partial charge >= 0.3 is 17.8 Å². The number of methoxy groups -OCH3 is 1. The molecule has 1 aliphatic carbocycles. The average molecular weight is 403 g/mol. The first-order valence-corrected chi connectivity index (χ1v) is 9.20. The Bertz CT molecular complexity index is 785. The number of esters is 1. The molecule has 1 aliphatic rings. The summed E-state index contributed by atoms with van der Waals surface area (Å²) in [4.78, 5) is 24.7. The Balaban J connectivity index is 2.57. The number of thiophene rings is 1. The van der Waals surface area contributed by atoms with Crippen molar-refractivity contribution in [2.75, 3.05) is 12.4 Å². The second kappa shape index (κ2) is 7.76. The topological polar surface area (TPSA) is 91.2 Å². The molecule has 2 rings (SSSR count). The first-order valence-electron chi connectivity index (χ1n) is 8.38. The highest BCUT2D eigenvalue weighted by atomic mass is 32.1. The highest BCUT2D eigenvalue weighted by Gasteiger charge is 2.63. The smallest absolute Gasteiger partial charge is 0.441 e. The molecule has 0 fully saturated rings. The van der Waals surface area contributed by atoms with Gasteiger partial charge in [-0.3, -0.25) is 4.79 Å². The van der Waals surface area contributed by atoms with Crippen molar-refractivity contribution in [3.8, 4) is 6.07 Å². The number of alkyl halides is 3. The number of nitrogens with one attached hydrogen (secondary N) is 2. The molecule has 148 valence electrons. The molecule has 0 bridgehead atoms. The molecule has 0 radical (unpaired) electrons. The van der Waals surface area contributed by atoms with Gasteiger partial charge in [0.15, 0.2) is 0 Å². The summed E-state index contributed by atoms with van der Waals surface area (Å²) in [7, 11) is 0.801. The second-order valence-corrected chi connectivity index (χ2v) is 7.54. The van der Waals surface area contributed by atoms with Gasteiger partial charge in [-0.15, -0.1) is 11.3 Å². The summed E-state index contributed by atoms with van der Waals surface area (Å²) in [5.74, 6) is -2.34. The van der Waals surface area contributed by atoms with Crippen LogP contribution in [0.25, 0.3) is 0 Å². The fourth-order valence-corrected chi connectivity index (χ4v) is 4.39. The molecule has 0 spiro atoms. The van der Waals surface area contributed by atoms with Crippen molar-refractivity contribution in [3.63, 3.8) is 0 Å². The van der Waals surface area contributed by atoms with E-state index in [4.69, 9.17) is 0 Å². The van der Waals surface area contributed by atoms with Gasteiger partial charge in [0.1, 0.15) is 11.1 Å². The van der Waals surface area contributed by atoms with Crippen LogP contribution in [0.4, 0.5) is 18.2 Å². The predicted molar refractivity (Wildman–Crippen MR) is 93.1 cm³/mol. The molecule has 27 heavy (non-hydrogen) atoms. The Morgan fingerprint density at radius 3 is 2.59 bits per heavy atom. The quantitative estimate of drug-likeness (QED) is 0.582. The van der Waals surface area contributed by atoms with Crippen LogP contribution in [0.15, 0.2) is 0 Å². The molecular formula is C17H20F3N3O3S. The summed E-state index contributed by atoms with van der Waals surface area (Å²) < 4.78 is 46.1. The van der Waals surface area contributed by atoms with E-state index in [9.17, 15) is 28.0 Å². The van der Waals surface area contributed by atoms with Crippen molar-refractivity contribution in [1.29, 1.82) is 5.26 Å². The maximum Gasteiger partial charge on any atom is 0.441 e. The van der Waals surface area contributed by atoms with Crippen LogP contribution in [0.1, 0.15) is 42.7 Å². The molecule has 0 saturated heterocycles. The third-order valence-electron chi connectivity index (χ3n) is 4.49. The van der Waals surface area contributed by atoms with Crippen LogP contribution in [0.3, 0.4) is 0 Å². The van der Waals surface area contributed by atoms with Gasteiger partial charge in [-0.1, -0.05) is 13.8 Å². The Kier molecular flexibility index (Phi) is 6.04. The number of ether oxygens (including phenoxy) is 1. The molecule has 2 atom stereocenters. The fraction of sp³-hybridized carbons (Fsp3) is 0.588. The fourth-order valence-electron chi connectivity index (χ4n) is 2.97. The molecule has 1 aromatic rings. The summed E-state index contributed by atoms with van der Waals surface area (Å²) in [5.41, 5.74) is -2.70. The monoisotopic (exact) mass is 403 g/mol. The summed E-state index contributed by atoms with van der Waals surface area (Å²) in [6.45, 7) is 3.39. The molecule has 0 aliphatic heterocycles. The molecule has 2 unspecified atom stereocenters. The van der Waals surface area contributed by atoms with Crippen molar-refractivity contribution in [2.24, 2.45) is 5.92 Å². The zero-order valence-electron chi connectivity index (χ0n) is 15.1. The number of nitrogens with zero attached hydrogens (tertiary/aromatic N) is 1. The van der Waals surface area contributed by atoms with Crippen molar-refractivity contribution < 1.29 is 27.5 Å². The van der Waals surface area contributed by atoms with Crippen molar-refractivity contribution in [3.05, 3.63) is 16.0 Å². The minimum Gasteiger partial charge on any atom is -0.466 e. The molecule has 10 heteroatoms. The number of halogens is 3. The van der Waals surface area contributed by atoms with Gasteiger partial charge < -0.3 is 15.4 Å². The Morgan fingerprint density at radius 1 is 1.41 bits per heavy atom. The van der Waals surface area contributed by atoms with E-state index in [0.717, 1.165) is 29.7 Å². The molecule has 1 amide bonds. The van der Waals surface area contributed by atoms with E-state index in [1.54, 1.807) is 5.32 Å². The molecule has 0 saturated carbocycles. The number of fused-ring (bicyclic) bond motifs is 1. The lowest BCUT2D eigenvalue weighted by atomic mass is 9.88. The number of carbonyl (C=O) groups is 2. The van der Waals surface area contributed by atoms with Gasteiger partial charge in [-0.2, -0.15) is 18.4 Å². The Morgan fingerprint density at radius 2 is 2.07 bits per heavy atom. The third-order valence-corrected chi connectivity index (χ3v) is 5.66. The number of amides is 1. The highest BCUT2D eigenvalue weighted by molar-refractivity contribution is 7.16. The number of carbonyl (C=O) groups excluding carboxylic acids is 2. The number of rotatable bonds is 5. The van der Waals surface area contributed by atoms with Crippen molar-refractivity contribution >= 4 is 28.2 Å². The standard InChI is InChI=1S/C17H20F3N3O3S/c1-4-13(24)22-16(15(25)26-3,17(18,19)20)23-14-11(8-21)10-6-5-9(2)7-12(10)27-14/h9,23H,4-7H2,1-3H3,(H,22,24). The molecule has 1 heterocycles. The van der Waals surface area contributed by atoms with Gasteiger partial charge in [-0.25, -0.2) is 4.79 Å². The Hall–Kier alpha value is -2.28. The predicted octanol–water partition coefficient (Wildman–Crippen LogP) is 3.11. The summed E-state index contributed by atoms with van der Waals surface area (Å²) in [5, 5.41) is 13.2. The largest absolute Gasteiger partial charge is 0.466 e. The number of hydrogen-bond donors (Lipinski definition) is 2. The van der Waals surface area contributed by atoms with Gasteiger partial charge in [0.2, 0.25) is 5.91 Å². The van der Waals surface area contributed by atoms with Crippen LogP contribution in [0.5, 0.6) is 0 Å². The lowest BCUT2D eigenvalue weighted by Crippen LogP contribution is -2.69. The molecule has 6 nitrogen and oxygen atoms in total. The van der Waals surface area contributed by atoms with E-state index in [0.29, 0.717) is 24.3 Å². The van der Waals surface area contributed by atoms with Crippen molar-refractivity contribution in [2.45, 2.75) is 51.4 Å². The number of hydrogen-bond acceptors (Lipinski definition) is 6. The maximum atomic E-state index is 13.9. The molecule has 2 N–H and O–H groups in total. The molecule has 1 aromatic heterocycles. The van der Waals surface area contributed by atoms with Crippen LogP contribution in [-0.4, -0.2) is 30.8 Å². The average Bonchev–Trinajstić information content (AvgIpc) is 2.94. The third kappa shape index (κ3) is 3.88. The normalized spacial score (nSPS) is 18.6.